The molecule has 0 aliphatic heterocycles. The van der Waals surface area contributed by atoms with Crippen LogP contribution in [0.3, 0.4) is 0 Å². The molecular formula is C11H14O4. The minimum Gasteiger partial charge on any atom is -0.479 e. The van der Waals surface area contributed by atoms with E-state index in [1.165, 1.54) is 6.92 Å². The molecule has 0 aromatic heterocycles. The Morgan fingerprint density at radius 1 is 1.40 bits per heavy atom. The van der Waals surface area contributed by atoms with Gasteiger partial charge in [0.2, 0.25) is 0 Å². The van der Waals surface area contributed by atoms with Crippen LogP contribution in [-0.4, -0.2) is 22.3 Å². The second-order valence-corrected chi connectivity index (χ2v) is 3.35. The van der Waals surface area contributed by atoms with Gasteiger partial charge in [-0.1, -0.05) is 12.1 Å². The molecule has 4 nitrogen and oxygen atoms in total. The molecule has 2 N–H and O–H groups in total. The molecule has 2 unspecified atom stereocenters. The fourth-order valence-electron chi connectivity index (χ4n) is 1.10. The fourth-order valence-corrected chi connectivity index (χ4v) is 1.10. The van der Waals surface area contributed by atoms with Gasteiger partial charge in [0.05, 0.1) is 6.10 Å². The summed E-state index contributed by atoms with van der Waals surface area (Å²) in [6.07, 6.45) is -1.48. The molecule has 15 heavy (non-hydrogen) atoms. The number of hydrogen-bond acceptors (Lipinski definition) is 3. The van der Waals surface area contributed by atoms with Gasteiger partial charge in [-0.25, -0.2) is 4.79 Å². The van der Waals surface area contributed by atoms with E-state index in [0.29, 0.717) is 11.3 Å². The maximum absolute atomic E-state index is 10.5. The van der Waals surface area contributed by atoms with Crippen LogP contribution in [0.2, 0.25) is 0 Å². The number of aliphatic hydroxyl groups excluding tert-OH is 1. The Labute approximate surface area is 88.1 Å². The SMILES string of the molecule is CC(Oc1cccc(C(C)O)c1)C(=O)O. The van der Waals surface area contributed by atoms with Crippen LogP contribution in [0.1, 0.15) is 25.5 Å². The number of rotatable bonds is 4. The van der Waals surface area contributed by atoms with Gasteiger partial charge in [-0.2, -0.15) is 0 Å². The van der Waals surface area contributed by atoms with E-state index in [4.69, 9.17) is 9.84 Å². The molecule has 0 heterocycles. The summed E-state index contributed by atoms with van der Waals surface area (Å²) in [5, 5.41) is 18.0. The minimum absolute atomic E-state index is 0.448. The van der Waals surface area contributed by atoms with Gasteiger partial charge in [-0.05, 0) is 31.5 Å². The van der Waals surface area contributed by atoms with Gasteiger partial charge in [0.25, 0.3) is 0 Å². The quantitative estimate of drug-likeness (QED) is 0.792. The third-order valence-electron chi connectivity index (χ3n) is 2.00. The summed E-state index contributed by atoms with van der Waals surface area (Å²) in [7, 11) is 0. The molecule has 4 heteroatoms. The molecule has 1 aromatic carbocycles. The van der Waals surface area contributed by atoms with Crippen LogP contribution in [0.15, 0.2) is 24.3 Å². The minimum atomic E-state index is -1.02. The van der Waals surface area contributed by atoms with Gasteiger partial charge in [0, 0.05) is 0 Å². The Hall–Kier alpha value is -1.55. The number of aliphatic hydroxyl groups is 1. The highest BCUT2D eigenvalue weighted by atomic mass is 16.5. The normalized spacial score (nSPS) is 14.3. The summed E-state index contributed by atoms with van der Waals surface area (Å²) in [5.41, 5.74) is 0.699. The largest absolute Gasteiger partial charge is 0.479 e. The predicted octanol–water partition coefficient (Wildman–Crippen LogP) is 1.59. The van der Waals surface area contributed by atoms with E-state index in [9.17, 15) is 9.90 Å². The first-order chi connectivity index (χ1) is 7.00. The lowest BCUT2D eigenvalue weighted by atomic mass is 10.1. The zero-order valence-electron chi connectivity index (χ0n) is 8.68. The lowest BCUT2D eigenvalue weighted by Crippen LogP contribution is -2.22. The van der Waals surface area contributed by atoms with E-state index in [1.807, 2.05) is 0 Å². The predicted molar refractivity (Wildman–Crippen MR) is 54.8 cm³/mol. The highest BCUT2D eigenvalue weighted by Gasteiger charge is 2.12. The van der Waals surface area contributed by atoms with Crippen molar-refractivity contribution in [2.45, 2.75) is 26.1 Å². The van der Waals surface area contributed by atoms with Crippen LogP contribution in [0, 0.1) is 0 Å². The first kappa shape index (κ1) is 11.5. The highest BCUT2D eigenvalue weighted by molar-refractivity contribution is 5.72. The summed E-state index contributed by atoms with van der Waals surface area (Å²) in [6.45, 7) is 3.09. The number of benzene rings is 1. The van der Waals surface area contributed by atoms with Crippen LogP contribution >= 0.6 is 0 Å². The Morgan fingerprint density at radius 3 is 2.60 bits per heavy atom. The first-order valence-electron chi connectivity index (χ1n) is 4.68. The van der Waals surface area contributed by atoms with Crippen molar-refractivity contribution in [3.8, 4) is 5.75 Å². The van der Waals surface area contributed by atoms with E-state index in [-0.39, 0.29) is 0 Å². The molecule has 0 saturated carbocycles. The van der Waals surface area contributed by atoms with Gasteiger partial charge < -0.3 is 14.9 Å². The molecule has 0 fully saturated rings. The molecule has 0 saturated heterocycles. The summed E-state index contributed by atoms with van der Waals surface area (Å²) in [6, 6.07) is 6.75. The van der Waals surface area contributed by atoms with E-state index < -0.39 is 18.2 Å². The average molecular weight is 210 g/mol. The van der Waals surface area contributed by atoms with Crippen LogP contribution in [0.5, 0.6) is 5.75 Å². The molecule has 82 valence electrons. The number of carboxylic acids is 1. The van der Waals surface area contributed by atoms with E-state index in [1.54, 1.807) is 31.2 Å². The fraction of sp³-hybridized carbons (Fsp3) is 0.364. The van der Waals surface area contributed by atoms with E-state index in [0.717, 1.165) is 0 Å². The Bertz CT molecular complexity index is 346. The van der Waals surface area contributed by atoms with Crippen LogP contribution in [0.4, 0.5) is 0 Å². The lowest BCUT2D eigenvalue weighted by Gasteiger charge is -2.12. The van der Waals surface area contributed by atoms with Gasteiger partial charge in [0.1, 0.15) is 5.75 Å². The van der Waals surface area contributed by atoms with Crippen molar-refractivity contribution in [3.05, 3.63) is 29.8 Å². The second kappa shape index (κ2) is 4.79. The maximum Gasteiger partial charge on any atom is 0.344 e. The second-order valence-electron chi connectivity index (χ2n) is 3.35. The summed E-state index contributed by atoms with van der Waals surface area (Å²) in [4.78, 5) is 10.5. The summed E-state index contributed by atoms with van der Waals surface area (Å²) < 4.78 is 5.16. The smallest absolute Gasteiger partial charge is 0.344 e. The lowest BCUT2D eigenvalue weighted by molar-refractivity contribution is -0.144. The molecule has 1 aromatic rings. The monoisotopic (exact) mass is 210 g/mol. The average Bonchev–Trinajstić information content (AvgIpc) is 2.18. The standard InChI is InChI=1S/C11H14O4/c1-7(12)9-4-3-5-10(6-9)15-8(2)11(13)14/h3-8,12H,1-2H3,(H,13,14). The van der Waals surface area contributed by atoms with Crippen molar-refractivity contribution >= 4 is 5.97 Å². The number of ether oxygens (including phenoxy) is 1. The summed E-state index contributed by atoms with van der Waals surface area (Å²) in [5.74, 6) is -0.569. The summed E-state index contributed by atoms with van der Waals surface area (Å²) >= 11 is 0. The highest BCUT2D eigenvalue weighted by Crippen LogP contribution is 2.19. The molecule has 0 bridgehead atoms. The third kappa shape index (κ3) is 3.25. The number of carbonyl (C=O) groups is 1. The van der Waals surface area contributed by atoms with Gasteiger partial charge in [-0.15, -0.1) is 0 Å². The van der Waals surface area contributed by atoms with Crippen molar-refractivity contribution in [1.29, 1.82) is 0 Å². The zero-order chi connectivity index (χ0) is 11.4. The topological polar surface area (TPSA) is 66.8 Å². The van der Waals surface area contributed by atoms with Gasteiger partial charge >= 0.3 is 5.97 Å². The van der Waals surface area contributed by atoms with E-state index in [2.05, 4.69) is 0 Å². The maximum atomic E-state index is 10.5. The Morgan fingerprint density at radius 2 is 2.07 bits per heavy atom. The van der Waals surface area contributed by atoms with Crippen molar-refractivity contribution in [2.75, 3.05) is 0 Å². The Kier molecular flexibility index (Phi) is 3.68. The van der Waals surface area contributed by atoms with Crippen LogP contribution in [-0.2, 0) is 4.79 Å². The van der Waals surface area contributed by atoms with Crippen molar-refractivity contribution in [2.24, 2.45) is 0 Å². The zero-order valence-corrected chi connectivity index (χ0v) is 8.68. The molecule has 0 amide bonds. The van der Waals surface area contributed by atoms with Gasteiger partial charge in [0.15, 0.2) is 6.10 Å². The van der Waals surface area contributed by atoms with Crippen LogP contribution < -0.4 is 4.74 Å². The van der Waals surface area contributed by atoms with Crippen molar-refractivity contribution in [3.63, 3.8) is 0 Å². The number of hydrogen-bond donors (Lipinski definition) is 2. The molecular weight excluding hydrogens is 196 g/mol. The van der Waals surface area contributed by atoms with Crippen molar-refractivity contribution < 1.29 is 19.7 Å². The molecule has 0 spiro atoms. The number of carboxylic acid groups (broad SMARTS) is 1. The third-order valence-corrected chi connectivity index (χ3v) is 2.00. The molecule has 0 aliphatic rings. The molecule has 0 aliphatic carbocycles. The molecule has 0 radical (unpaired) electrons. The van der Waals surface area contributed by atoms with Crippen molar-refractivity contribution in [1.82, 2.24) is 0 Å². The van der Waals surface area contributed by atoms with Crippen LogP contribution in [0.25, 0.3) is 0 Å². The molecule has 2 atom stereocenters. The first-order valence-corrected chi connectivity index (χ1v) is 4.68. The molecule has 1 rings (SSSR count). The Balaban J connectivity index is 2.78. The van der Waals surface area contributed by atoms with Gasteiger partial charge in [-0.3, -0.25) is 0 Å². The number of aliphatic carboxylic acids is 1. The van der Waals surface area contributed by atoms with E-state index >= 15 is 0 Å².